The molecule has 3 heteroatoms. The fraction of sp³-hybridized carbons (Fsp3) is 0.533. The van der Waals surface area contributed by atoms with Crippen molar-refractivity contribution in [3.05, 3.63) is 24.3 Å². The van der Waals surface area contributed by atoms with Crippen molar-refractivity contribution in [1.29, 1.82) is 0 Å². The van der Waals surface area contributed by atoms with Crippen LogP contribution < -0.4 is 10.1 Å². The number of nitrogens with one attached hydrogen (secondary N) is 1. The van der Waals surface area contributed by atoms with Gasteiger partial charge in [-0.05, 0) is 36.6 Å². The van der Waals surface area contributed by atoms with E-state index in [4.69, 9.17) is 4.74 Å². The molecule has 18 heavy (non-hydrogen) atoms. The first-order valence-corrected chi connectivity index (χ1v) is 6.54. The van der Waals surface area contributed by atoms with Gasteiger partial charge in [0.15, 0.2) is 0 Å². The third-order valence-electron chi connectivity index (χ3n) is 2.59. The molecule has 1 aromatic rings. The number of ether oxygens (including phenoxy) is 1. The third-order valence-corrected chi connectivity index (χ3v) is 2.59. The molecule has 0 radical (unpaired) electrons. The van der Waals surface area contributed by atoms with Crippen LogP contribution in [0.25, 0.3) is 0 Å². The zero-order valence-corrected chi connectivity index (χ0v) is 11.7. The van der Waals surface area contributed by atoms with Crippen molar-refractivity contribution in [2.75, 3.05) is 11.9 Å². The van der Waals surface area contributed by atoms with Crippen molar-refractivity contribution in [2.24, 2.45) is 11.8 Å². The number of rotatable bonds is 6. The van der Waals surface area contributed by atoms with Crippen molar-refractivity contribution < 1.29 is 9.53 Å². The van der Waals surface area contributed by atoms with Gasteiger partial charge in [0.25, 0.3) is 0 Å². The molecule has 0 heterocycles. The van der Waals surface area contributed by atoms with Crippen LogP contribution in [-0.4, -0.2) is 12.5 Å². The summed E-state index contributed by atoms with van der Waals surface area (Å²) < 4.78 is 5.21. The SMILES string of the molecule is CC(C)CCNc1ccc(OC(=O)C(C)C)cc1. The standard InChI is InChI=1S/C15H23NO2/c1-11(2)9-10-16-13-5-7-14(8-6-13)18-15(17)12(3)4/h5-8,11-12,16H,9-10H2,1-4H3. The quantitative estimate of drug-likeness (QED) is 0.617. The maximum absolute atomic E-state index is 11.4. The van der Waals surface area contributed by atoms with Crippen LogP contribution in [0.4, 0.5) is 5.69 Å². The summed E-state index contributed by atoms with van der Waals surface area (Å²) in [6, 6.07) is 7.50. The zero-order valence-electron chi connectivity index (χ0n) is 11.7. The van der Waals surface area contributed by atoms with Gasteiger partial charge in [0.05, 0.1) is 5.92 Å². The highest BCUT2D eigenvalue weighted by Gasteiger charge is 2.09. The molecule has 0 bridgehead atoms. The number of carbonyl (C=O) groups excluding carboxylic acids is 1. The molecular weight excluding hydrogens is 226 g/mol. The Morgan fingerprint density at radius 1 is 1.17 bits per heavy atom. The summed E-state index contributed by atoms with van der Waals surface area (Å²) >= 11 is 0. The lowest BCUT2D eigenvalue weighted by atomic mass is 10.1. The van der Waals surface area contributed by atoms with Crippen molar-refractivity contribution in [3.8, 4) is 5.75 Å². The highest BCUT2D eigenvalue weighted by Crippen LogP contribution is 2.17. The average molecular weight is 249 g/mol. The van der Waals surface area contributed by atoms with Crippen molar-refractivity contribution >= 4 is 11.7 Å². The minimum absolute atomic E-state index is 0.103. The minimum atomic E-state index is -0.199. The second kappa shape index (κ2) is 7.04. The Hall–Kier alpha value is -1.51. The molecule has 1 N–H and O–H groups in total. The molecule has 0 unspecified atom stereocenters. The summed E-state index contributed by atoms with van der Waals surface area (Å²) in [6.07, 6.45) is 1.14. The molecule has 0 aliphatic carbocycles. The van der Waals surface area contributed by atoms with Gasteiger partial charge in [-0.2, -0.15) is 0 Å². The molecule has 0 saturated heterocycles. The van der Waals surface area contributed by atoms with Crippen molar-refractivity contribution in [2.45, 2.75) is 34.1 Å². The third kappa shape index (κ3) is 5.21. The fourth-order valence-electron chi connectivity index (χ4n) is 1.38. The minimum Gasteiger partial charge on any atom is -0.426 e. The monoisotopic (exact) mass is 249 g/mol. The lowest BCUT2D eigenvalue weighted by Gasteiger charge is -2.10. The zero-order chi connectivity index (χ0) is 13.5. The predicted octanol–water partition coefficient (Wildman–Crippen LogP) is 3.71. The van der Waals surface area contributed by atoms with Gasteiger partial charge in [0, 0.05) is 12.2 Å². The van der Waals surface area contributed by atoms with Crippen molar-refractivity contribution in [3.63, 3.8) is 0 Å². The van der Waals surface area contributed by atoms with E-state index in [2.05, 4.69) is 19.2 Å². The number of hydrogen-bond acceptors (Lipinski definition) is 3. The Kier molecular flexibility index (Phi) is 5.69. The molecule has 0 aliphatic rings. The van der Waals surface area contributed by atoms with E-state index < -0.39 is 0 Å². The van der Waals surface area contributed by atoms with Gasteiger partial charge in [0.2, 0.25) is 0 Å². The first-order valence-electron chi connectivity index (χ1n) is 6.54. The van der Waals surface area contributed by atoms with Crippen molar-refractivity contribution in [1.82, 2.24) is 0 Å². The van der Waals surface area contributed by atoms with Gasteiger partial charge in [-0.3, -0.25) is 4.79 Å². The van der Waals surface area contributed by atoms with E-state index in [1.807, 2.05) is 38.1 Å². The van der Waals surface area contributed by atoms with Gasteiger partial charge in [-0.15, -0.1) is 0 Å². The van der Waals surface area contributed by atoms with E-state index in [0.29, 0.717) is 11.7 Å². The molecule has 0 fully saturated rings. The summed E-state index contributed by atoms with van der Waals surface area (Å²) in [5.74, 6) is 0.997. The summed E-state index contributed by atoms with van der Waals surface area (Å²) in [6.45, 7) is 9.02. The summed E-state index contributed by atoms with van der Waals surface area (Å²) in [5.41, 5.74) is 1.06. The Morgan fingerprint density at radius 2 is 1.78 bits per heavy atom. The Balaban J connectivity index is 2.45. The Labute approximate surface area is 110 Å². The molecule has 1 rings (SSSR count). The molecule has 0 saturated carbocycles. The van der Waals surface area contributed by atoms with Crippen LogP contribution >= 0.6 is 0 Å². The van der Waals surface area contributed by atoms with Gasteiger partial charge in [-0.1, -0.05) is 27.7 Å². The number of hydrogen-bond donors (Lipinski definition) is 1. The molecule has 0 atom stereocenters. The fourth-order valence-corrected chi connectivity index (χ4v) is 1.38. The number of esters is 1. The van der Waals surface area contributed by atoms with E-state index in [1.165, 1.54) is 0 Å². The van der Waals surface area contributed by atoms with Crippen LogP contribution in [-0.2, 0) is 4.79 Å². The maximum atomic E-state index is 11.4. The summed E-state index contributed by atoms with van der Waals surface area (Å²) in [5, 5.41) is 3.34. The van der Waals surface area contributed by atoms with E-state index in [-0.39, 0.29) is 11.9 Å². The van der Waals surface area contributed by atoms with Crippen LogP contribution in [0.5, 0.6) is 5.75 Å². The van der Waals surface area contributed by atoms with Gasteiger partial charge < -0.3 is 10.1 Å². The Morgan fingerprint density at radius 3 is 2.28 bits per heavy atom. The molecular formula is C15H23NO2. The average Bonchev–Trinajstić information content (AvgIpc) is 2.30. The topological polar surface area (TPSA) is 38.3 Å². The van der Waals surface area contributed by atoms with Crippen LogP contribution in [0.15, 0.2) is 24.3 Å². The second-order valence-electron chi connectivity index (χ2n) is 5.21. The summed E-state index contributed by atoms with van der Waals surface area (Å²) in [4.78, 5) is 11.4. The van der Waals surface area contributed by atoms with E-state index in [9.17, 15) is 4.79 Å². The largest absolute Gasteiger partial charge is 0.426 e. The van der Waals surface area contributed by atoms with E-state index >= 15 is 0 Å². The normalized spacial score (nSPS) is 10.8. The molecule has 0 aromatic heterocycles. The van der Waals surface area contributed by atoms with Crippen LogP contribution in [0.3, 0.4) is 0 Å². The Bertz CT molecular complexity index is 369. The first kappa shape index (κ1) is 14.6. The smallest absolute Gasteiger partial charge is 0.313 e. The molecule has 0 aliphatic heterocycles. The lowest BCUT2D eigenvalue weighted by molar-refractivity contribution is -0.137. The first-order chi connectivity index (χ1) is 8.49. The lowest BCUT2D eigenvalue weighted by Crippen LogP contribution is -2.14. The van der Waals surface area contributed by atoms with Gasteiger partial charge in [-0.25, -0.2) is 0 Å². The molecule has 3 nitrogen and oxygen atoms in total. The highest BCUT2D eigenvalue weighted by molar-refractivity contribution is 5.74. The second-order valence-corrected chi connectivity index (χ2v) is 5.21. The number of anilines is 1. The maximum Gasteiger partial charge on any atom is 0.313 e. The van der Waals surface area contributed by atoms with Crippen LogP contribution in [0.1, 0.15) is 34.1 Å². The molecule has 1 aromatic carbocycles. The highest BCUT2D eigenvalue weighted by atomic mass is 16.5. The number of benzene rings is 1. The van der Waals surface area contributed by atoms with Crippen LogP contribution in [0.2, 0.25) is 0 Å². The summed E-state index contributed by atoms with van der Waals surface area (Å²) in [7, 11) is 0. The van der Waals surface area contributed by atoms with Gasteiger partial charge >= 0.3 is 5.97 Å². The number of carbonyl (C=O) groups is 1. The molecule has 0 amide bonds. The van der Waals surface area contributed by atoms with Crippen LogP contribution in [0, 0.1) is 11.8 Å². The van der Waals surface area contributed by atoms with Gasteiger partial charge in [0.1, 0.15) is 5.75 Å². The predicted molar refractivity (Wildman–Crippen MR) is 74.9 cm³/mol. The van der Waals surface area contributed by atoms with E-state index in [1.54, 1.807) is 0 Å². The van der Waals surface area contributed by atoms with E-state index in [0.717, 1.165) is 18.7 Å². The molecule has 0 spiro atoms. The molecule has 100 valence electrons.